The van der Waals surface area contributed by atoms with E-state index >= 15 is 0 Å². The molecular weight excluding hydrogens is 294 g/mol. The number of aromatic amines is 1. The molecule has 1 aromatic heterocycles. The Kier molecular flexibility index (Phi) is 4.01. The molecule has 2 aromatic rings. The highest BCUT2D eigenvalue weighted by Crippen LogP contribution is 2.30. The van der Waals surface area contributed by atoms with Crippen LogP contribution in [0.25, 0.3) is 5.57 Å². The zero-order chi connectivity index (χ0) is 16.2. The number of carbonyl (C=O) groups is 1. The number of fused-ring (bicyclic) bond motifs is 1. The SMILES string of the molecule is CCN1C(=O)CCc2cc(NC=C(C#N)c3nn[nH]n3)ccc21. The van der Waals surface area contributed by atoms with Gasteiger partial charge in [0.2, 0.25) is 11.7 Å². The van der Waals surface area contributed by atoms with Crippen molar-refractivity contribution in [1.82, 2.24) is 20.6 Å². The summed E-state index contributed by atoms with van der Waals surface area (Å²) in [6, 6.07) is 7.81. The van der Waals surface area contributed by atoms with Crippen molar-refractivity contribution in [3.8, 4) is 6.07 Å². The molecule has 0 unspecified atom stereocenters. The number of hydrogen-bond acceptors (Lipinski definition) is 6. The summed E-state index contributed by atoms with van der Waals surface area (Å²) < 4.78 is 0. The van der Waals surface area contributed by atoms with E-state index in [2.05, 4.69) is 25.9 Å². The summed E-state index contributed by atoms with van der Waals surface area (Å²) in [6.07, 6.45) is 2.78. The summed E-state index contributed by atoms with van der Waals surface area (Å²) in [5.74, 6) is 0.394. The maximum atomic E-state index is 11.9. The van der Waals surface area contributed by atoms with Crippen LogP contribution in [0.3, 0.4) is 0 Å². The lowest BCUT2D eigenvalue weighted by atomic mass is 10.0. The van der Waals surface area contributed by atoms with Crippen LogP contribution in [0.5, 0.6) is 0 Å². The first-order chi connectivity index (χ1) is 11.2. The van der Waals surface area contributed by atoms with Gasteiger partial charge in [-0.15, -0.1) is 10.2 Å². The third-order valence-electron chi connectivity index (χ3n) is 3.69. The van der Waals surface area contributed by atoms with Gasteiger partial charge in [0, 0.05) is 30.5 Å². The fourth-order valence-corrected chi connectivity index (χ4v) is 2.57. The van der Waals surface area contributed by atoms with Crippen LogP contribution in [0.4, 0.5) is 11.4 Å². The molecule has 0 spiro atoms. The van der Waals surface area contributed by atoms with E-state index < -0.39 is 0 Å². The number of tetrazole rings is 1. The number of aromatic nitrogens is 4. The Bertz CT molecular complexity index is 789. The van der Waals surface area contributed by atoms with Gasteiger partial charge in [-0.05, 0) is 42.3 Å². The van der Waals surface area contributed by atoms with Gasteiger partial charge in [0.1, 0.15) is 11.6 Å². The highest BCUT2D eigenvalue weighted by molar-refractivity contribution is 5.96. The minimum absolute atomic E-state index is 0.157. The third-order valence-corrected chi connectivity index (χ3v) is 3.69. The summed E-state index contributed by atoms with van der Waals surface area (Å²) in [7, 11) is 0. The first-order valence-electron chi connectivity index (χ1n) is 7.27. The Labute approximate surface area is 132 Å². The molecule has 0 radical (unpaired) electrons. The van der Waals surface area contributed by atoms with Crippen molar-refractivity contribution in [2.45, 2.75) is 19.8 Å². The van der Waals surface area contributed by atoms with Crippen LogP contribution in [-0.4, -0.2) is 33.1 Å². The topological polar surface area (TPSA) is 111 Å². The fraction of sp³-hybridized carbons (Fsp3) is 0.267. The molecule has 8 nitrogen and oxygen atoms in total. The normalized spacial score (nSPS) is 14.3. The third kappa shape index (κ3) is 2.89. The average molecular weight is 309 g/mol. The number of hydrogen-bond donors (Lipinski definition) is 2. The van der Waals surface area contributed by atoms with E-state index in [0.29, 0.717) is 13.0 Å². The van der Waals surface area contributed by atoms with Gasteiger partial charge in [0.15, 0.2) is 0 Å². The Hall–Kier alpha value is -3.21. The largest absolute Gasteiger partial charge is 0.360 e. The van der Waals surface area contributed by atoms with Crippen LogP contribution in [0, 0.1) is 11.3 Å². The van der Waals surface area contributed by atoms with Crippen molar-refractivity contribution >= 4 is 22.9 Å². The number of nitriles is 1. The smallest absolute Gasteiger partial charge is 0.227 e. The Morgan fingerprint density at radius 2 is 2.39 bits per heavy atom. The van der Waals surface area contributed by atoms with Crippen LogP contribution in [0.2, 0.25) is 0 Å². The molecule has 23 heavy (non-hydrogen) atoms. The van der Waals surface area contributed by atoms with E-state index in [0.717, 1.165) is 23.4 Å². The first kappa shape index (κ1) is 14.7. The van der Waals surface area contributed by atoms with E-state index in [1.165, 1.54) is 6.20 Å². The van der Waals surface area contributed by atoms with Crippen LogP contribution in [0.1, 0.15) is 24.7 Å². The van der Waals surface area contributed by atoms with E-state index in [4.69, 9.17) is 5.26 Å². The van der Waals surface area contributed by atoms with Gasteiger partial charge >= 0.3 is 0 Å². The van der Waals surface area contributed by atoms with E-state index in [1.54, 1.807) is 4.90 Å². The number of benzene rings is 1. The summed E-state index contributed by atoms with van der Waals surface area (Å²) in [4.78, 5) is 13.7. The Morgan fingerprint density at radius 1 is 1.52 bits per heavy atom. The number of carbonyl (C=O) groups excluding carboxylic acids is 1. The quantitative estimate of drug-likeness (QED) is 0.827. The minimum atomic E-state index is 0.157. The highest BCUT2D eigenvalue weighted by atomic mass is 16.2. The first-order valence-corrected chi connectivity index (χ1v) is 7.27. The molecule has 3 rings (SSSR count). The van der Waals surface area contributed by atoms with Crippen LogP contribution >= 0.6 is 0 Å². The summed E-state index contributed by atoms with van der Waals surface area (Å²) >= 11 is 0. The number of nitrogens with zero attached hydrogens (tertiary/aromatic N) is 5. The summed E-state index contributed by atoms with van der Waals surface area (Å²) in [5.41, 5.74) is 3.19. The lowest BCUT2D eigenvalue weighted by molar-refractivity contribution is -0.118. The molecule has 0 bridgehead atoms. The van der Waals surface area contributed by atoms with Crippen LogP contribution in [0.15, 0.2) is 24.4 Å². The predicted molar refractivity (Wildman–Crippen MR) is 84.2 cm³/mol. The highest BCUT2D eigenvalue weighted by Gasteiger charge is 2.22. The molecule has 8 heteroatoms. The fourth-order valence-electron chi connectivity index (χ4n) is 2.57. The maximum absolute atomic E-state index is 11.9. The zero-order valence-electron chi connectivity index (χ0n) is 12.6. The molecule has 116 valence electrons. The molecule has 0 saturated heterocycles. The molecule has 2 N–H and O–H groups in total. The predicted octanol–water partition coefficient (Wildman–Crippen LogP) is 1.48. The van der Waals surface area contributed by atoms with Gasteiger partial charge in [0.05, 0.1) is 0 Å². The standard InChI is InChI=1S/C15H15N7O/c1-2-22-13-5-4-12(7-10(13)3-6-14(22)23)17-9-11(8-16)15-18-20-21-19-15/h4-5,7,9,17H,2-3,6H2,1H3,(H,18,19,20,21). The van der Waals surface area contributed by atoms with Crippen molar-refractivity contribution in [1.29, 1.82) is 5.26 Å². The Balaban J connectivity index is 1.83. The lowest BCUT2D eigenvalue weighted by Crippen LogP contribution is -2.34. The number of rotatable bonds is 4. The van der Waals surface area contributed by atoms with Gasteiger partial charge in [-0.1, -0.05) is 0 Å². The molecular formula is C15H15N7O. The molecule has 1 aliphatic heterocycles. The van der Waals surface area contributed by atoms with Gasteiger partial charge < -0.3 is 10.2 Å². The van der Waals surface area contributed by atoms with Gasteiger partial charge in [-0.25, -0.2) is 0 Å². The van der Waals surface area contributed by atoms with E-state index in [1.807, 2.05) is 31.2 Å². The summed E-state index contributed by atoms with van der Waals surface area (Å²) in [5, 5.41) is 25.5. The molecule has 0 aliphatic carbocycles. The number of allylic oxidation sites excluding steroid dienone is 1. The molecule has 0 atom stereocenters. The molecule has 0 saturated carbocycles. The second kappa shape index (κ2) is 6.27. The monoisotopic (exact) mass is 309 g/mol. The van der Waals surface area contributed by atoms with Crippen LogP contribution in [-0.2, 0) is 11.2 Å². The number of nitrogens with one attached hydrogen (secondary N) is 2. The Morgan fingerprint density at radius 3 is 3.09 bits per heavy atom. The maximum Gasteiger partial charge on any atom is 0.227 e. The van der Waals surface area contributed by atoms with Crippen molar-refractivity contribution < 1.29 is 4.79 Å². The number of anilines is 2. The molecule has 0 fully saturated rings. The van der Waals surface area contributed by atoms with Crippen LogP contribution < -0.4 is 10.2 Å². The van der Waals surface area contributed by atoms with Gasteiger partial charge in [-0.2, -0.15) is 10.5 Å². The lowest BCUT2D eigenvalue weighted by Gasteiger charge is -2.28. The van der Waals surface area contributed by atoms with Gasteiger partial charge in [-0.3, -0.25) is 4.79 Å². The van der Waals surface area contributed by atoms with Crippen molar-refractivity contribution in [2.75, 3.05) is 16.8 Å². The van der Waals surface area contributed by atoms with E-state index in [-0.39, 0.29) is 17.3 Å². The van der Waals surface area contributed by atoms with E-state index in [9.17, 15) is 4.79 Å². The second-order valence-corrected chi connectivity index (χ2v) is 5.03. The van der Waals surface area contributed by atoms with Crippen molar-refractivity contribution in [3.05, 3.63) is 35.8 Å². The number of amides is 1. The second-order valence-electron chi connectivity index (χ2n) is 5.03. The average Bonchev–Trinajstić information content (AvgIpc) is 3.10. The summed E-state index contributed by atoms with van der Waals surface area (Å²) in [6.45, 7) is 2.63. The number of H-pyrrole nitrogens is 1. The molecule has 2 heterocycles. The van der Waals surface area contributed by atoms with Gasteiger partial charge in [0.25, 0.3) is 0 Å². The minimum Gasteiger partial charge on any atom is -0.360 e. The molecule has 1 aliphatic rings. The molecule has 1 aromatic carbocycles. The van der Waals surface area contributed by atoms with Crippen molar-refractivity contribution in [2.24, 2.45) is 0 Å². The van der Waals surface area contributed by atoms with Crippen molar-refractivity contribution in [3.63, 3.8) is 0 Å². The number of aryl methyl sites for hydroxylation is 1. The zero-order valence-corrected chi connectivity index (χ0v) is 12.6. The molecule has 1 amide bonds.